The van der Waals surface area contributed by atoms with Gasteiger partial charge in [0.2, 0.25) is 5.91 Å². The molecule has 0 radical (unpaired) electrons. The number of aliphatic imine (C=N–C) groups is 1. The molecule has 2 aliphatic heterocycles. The molecule has 1 aromatic heterocycles. The Morgan fingerprint density at radius 2 is 2.03 bits per heavy atom. The molecule has 3 atom stereocenters. The number of hydrogen-bond acceptors (Lipinski definition) is 6. The second-order valence-corrected chi connectivity index (χ2v) is 9.77. The van der Waals surface area contributed by atoms with Crippen molar-refractivity contribution in [3.05, 3.63) is 58.8 Å². The Kier molecular flexibility index (Phi) is 7.47. The van der Waals surface area contributed by atoms with Crippen molar-refractivity contribution < 1.29 is 14.4 Å². The van der Waals surface area contributed by atoms with Crippen molar-refractivity contribution in [1.82, 2.24) is 20.0 Å². The quantitative estimate of drug-likeness (QED) is 0.560. The molecule has 1 fully saturated rings. The Bertz CT molecular complexity index is 1280. The summed E-state index contributed by atoms with van der Waals surface area (Å²) in [5.41, 5.74) is 10.0. The molecule has 1 aromatic carbocycles. The van der Waals surface area contributed by atoms with Crippen molar-refractivity contribution >= 4 is 29.5 Å². The summed E-state index contributed by atoms with van der Waals surface area (Å²) in [5.74, 6) is -0.543. The number of anilines is 1. The molecule has 0 bridgehead atoms. The van der Waals surface area contributed by atoms with Crippen LogP contribution in [-0.4, -0.2) is 58.0 Å². The van der Waals surface area contributed by atoms with Crippen LogP contribution in [0.2, 0.25) is 0 Å². The molecule has 4 rings (SSSR count). The number of carbonyl (C=O) groups excluding carboxylic acids is 3. The highest BCUT2D eigenvalue weighted by Crippen LogP contribution is 2.36. The van der Waals surface area contributed by atoms with Crippen LogP contribution < -0.4 is 16.0 Å². The van der Waals surface area contributed by atoms with Crippen molar-refractivity contribution in [2.24, 2.45) is 23.7 Å². The third kappa shape index (κ3) is 5.14. The first-order chi connectivity index (χ1) is 17.6. The lowest BCUT2D eigenvalue weighted by molar-refractivity contribution is -0.156. The molecule has 0 saturated carbocycles. The molecule has 10 heteroatoms. The van der Waals surface area contributed by atoms with Gasteiger partial charge in [-0.2, -0.15) is 5.10 Å². The Labute approximate surface area is 217 Å². The van der Waals surface area contributed by atoms with Crippen LogP contribution in [0.4, 0.5) is 10.6 Å². The number of aromatic nitrogens is 2. The molecule has 3 N–H and O–H groups in total. The molecule has 0 unspecified atom stereocenters. The minimum atomic E-state index is -0.948. The number of likely N-dealkylation sites (tertiary alicyclic amines) is 1. The smallest absolute Gasteiger partial charge is 0.325 e. The number of nitrogens with two attached hydrogens (primary N) is 1. The molecule has 4 amide bonds. The molecular weight excluding hydrogens is 470 g/mol. The van der Waals surface area contributed by atoms with E-state index in [1.165, 1.54) is 4.90 Å². The average Bonchev–Trinajstić information content (AvgIpc) is 3.31. The third-order valence-corrected chi connectivity index (χ3v) is 7.35. The highest BCUT2D eigenvalue weighted by atomic mass is 16.2. The maximum absolute atomic E-state index is 13.7. The SMILES string of the molecule is CC[C@@H](NC(=O)N1C(=O)[C@H](CC2=CC(N)=NCC2)[C@H]1C(=O)N(C)c1ccn(C)n1)c1cccc(C)c1C. The molecule has 10 nitrogen and oxygen atoms in total. The summed E-state index contributed by atoms with van der Waals surface area (Å²) in [5, 5.41) is 7.31. The lowest BCUT2D eigenvalue weighted by Gasteiger charge is -2.46. The van der Waals surface area contributed by atoms with Crippen molar-refractivity contribution in [3.8, 4) is 0 Å². The maximum atomic E-state index is 13.7. The van der Waals surface area contributed by atoms with E-state index in [0.717, 1.165) is 27.2 Å². The number of likely N-dealkylation sites (N-methyl/N-ethyl adjacent to an activating group) is 1. The lowest BCUT2D eigenvalue weighted by Crippen LogP contribution is -2.70. The number of β-lactam (4-membered cyclic amide) rings is 1. The number of imide groups is 1. The van der Waals surface area contributed by atoms with Gasteiger partial charge in [-0.05, 0) is 55.9 Å². The van der Waals surface area contributed by atoms with E-state index in [1.807, 2.05) is 39.0 Å². The van der Waals surface area contributed by atoms with Crippen molar-refractivity contribution in [1.29, 1.82) is 0 Å². The van der Waals surface area contributed by atoms with Gasteiger partial charge in [0.25, 0.3) is 5.91 Å². The molecule has 196 valence electrons. The predicted molar refractivity (Wildman–Crippen MR) is 142 cm³/mol. The van der Waals surface area contributed by atoms with Crippen molar-refractivity contribution in [2.45, 2.75) is 52.1 Å². The molecule has 0 spiro atoms. The van der Waals surface area contributed by atoms with Crippen LogP contribution in [0.3, 0.4) is 0 Å². The van der Waals surface area contributed by atoms with Gasteiger partial charge in [-0.25, -0.2) is 4.79 Å². The van der Waals surface area contributed by atoms with E-state index in [1.54, 1.807) is 37.1 Å². The van der Waals surface area contributed by atoms with Gasteiger partial charge in [-0.15, -0.1) is 0 Å². The van der Waals surface area contributed by atoms with Crippen LogP contribution in [0, 0.1) is 19.8 Å². The summed E-state index contributed by atoms with van der Waals surface area (Å²) in [6.07, 6.45) is 5.15. The standard InChI is InChI=1S/C27H35N7O3/c1-6-21(19-9-7-8-16(2)17(19)3)30-27(37)34-24(26(36)33(5)23-11-13-32(4)31-23)20(25(34)35)14-18-10-12-29-22(28)15-18/h7-9,11,13,15,20-21,24H,6,10,12,14H2,1-5H3,(H2,28,29)(H,30,37)/t20-,21-,24+/m1/s1. The zero-order valence-electron chi connectivity index (χ0n) is 22.1. The summed E-state index contributed by atoms with van der Waals surface area (Å²) in [6.45, 7) is 6.57. The zero-order chi connectivity index (χ0) is 26.9. The van der Waals surface area contributed by atoms with E-state index < -0.39 is 18.0 Å². The normalized spacial score (nSPS) is 20.0. The van der Waals surface area contributed by atoms with Gasteiger partial charge < -0.3 is 11.1 Å². The second-order valence-electron chi connectivity index (χ2n) is 9.77. The van der Waals surface area contributed by atoms with Crippen molar-refractivity contribution in [3.63, 3.8) is 0 Å². The largest absolute Gasteiger partial charge is 0.384 e. The number of rotatable bonds is 7. The molecule has 37 heavy (non-hydrogen) atoms. The van der Waals surface area contributed by atoms with Crippen LogP contribution in [0.25, 0.3) is 0 Å². The topological polar surface area (TPSA) is 126 Å². The molecule has 0 aliphatic carbocycles. The Morgan fingerprint density at radius 3 is 2.68 bits per heavy atom. The van der Waals surface area contributed by atoms with E-state index >= 15 is 0 Å². The monoisotopic (exact) mass is 505 g/mol. The van der Waals surface area contributed by atoms with Gasteiger partial charge in [0, 0.05) is 32.9 Å². The number of benzene rings is 1. The Balaban J connectivity index is 1.60. The lowest BCUT2D eigenvalue weighted by atomic mass is 9.80. The summed E-state index contributed by atoms with van der Waals surface area (Å²) in [6, 6.07) is 5.87. The van der Waals surface area contributed by atoms with Gasteiger partial charge in [-0.1, -0.05) is 30.7 Å². The van der Waals surface area contributed by atoms with E-state index in [2.05, 4.69) is 15.4 Å². The second kappa shape index (κ2) is 10.6. The van der Waals surface area contributed by atoms with Gasteiger partial charge >= 0.3 is 6.03 Å². The van der Waals surface area contributed by atoms with Crippen molar-refractivity contribution in [2.75, 3.05) is 18.5 Å². The van der Waals surface area contributed by atoms with Crippen LogP contribution in [0.5, 0.6) is 0 Å². The van der Waals surface area contributed by atoms with E-state index in [0.29, 0.717) is 37.5 Å². The minimum absolute atomic E-state index is 0.291. The number of amidine groups is 1. The first kappa shape index (κ1) is 26.1. The van der Waals surface area contributed by atoms with E-state index in [-0.39, 0.29) is 17.9 Å². The average molecular weight is 506 g/mol. The summed E-state index contributed by atoms with van der Waals surface area (Å²) >= 11 is 0. The number of nitrogens with one attached hydrogen (secondary N) is 1. The molecule has 2 aliphatic rings. The number of urea groups is 1. The third-order valence-electron chi connectivity index (χ3n) is 7.35. The molecule has 2 aromatic rings. The predicted octanol–water partition coefficient (Wildman–Crippen LogP) is 2.77. The van der Waals surface area contributed by atoms with Gasteiger partial charge in [0.1, 0.15) is 11.9 Å². The molecule has 1 saturated heterocycles. The van der Waals surface area contributed by atoms with Gasteiger partial charge in [-0.3, -0.25) is 29.1 Å². The number of dihydropyridines is 1. The van der Waals surface area contributed by atoms with Crippen LogP contribution in [0.1, 0.15) is 48.9 Å². The molecular formula is C27H35N7O3. The Hall–Kier alpha value is -3.95. The van der Waals surface area contributed by atoms with Gasteiger partial charge in [0.15, 0.2) is 5.82 Å². The molecule has 3 heterocycles. The fraction of sp³-hybridized carbons (Fsp3) is 0.444. The van der Waals surface area contributed by atoms with Crippen LogP contribution in [0.15, 0.2) is 47.1 Å². The van der Waals surface area contributed by atoms with E-state index in [9.17, 15) is 14.4 Å². The van der Waals surface area contributed by atoms with Gasteiger partial charge in [0.05, 0.1) is 12.0 Å². The fourth-order valence-electron chi connectivity index (χ4n) is 5.02. The summed E-state index contributed by atoms with van der Waals surface area (Å²) in [7, 11) is 3.37. The number of carbonyl (C=O) groups is 3. The van der Waals surface area contributed by atoms with Crippen LogP contribution in [-0.2, 0) is 16.6 Å². The Morgan fingerprint density at radius 1 is 1.27 bits per heavy atom. The highest BCUT2D eigenvalue weighted by Gasteiger charge is 2.55. The van der Waals surface area contributed by atoms with Crippen LogP contribution >= 0.6 is 0 Å². The minimum Gasteiger partial charge on any atom is -0.384 e. The first-order valence-electron chi connectivity index (χ1n) is 12.6. The van der Waals surface area contributed by atoms with E-state index in [4.69, 9.17) is 5.73 Å². The number of nitrogens with zero attached hydrogens (tertiary/aromatic N) is 5. The number of amides is 4. The maximum Gasteiger partial charge on any atom is 0.325 e. The highest BCUT2D eigenvalue weighted by molar-refractivity contribution is 6.12. The first-order valence-corrected chi connectivity index (χ1v) is 12.6. The number of aryl methyl sites for hydroxylation is 2. The number of hydrogen-bond donors (Lipinski definition) is 2. The summed E-state index contributed by atoms with van der Waals surface area (Å²) in [4.78, 5) is 47.2. The summed E-state index contributed by atoms with van der Waals surface area (Å²) < 4.78 is 1.60. The zero-order valence-corrected chi connectivity index (χ0v) is 22.1. The fourth-order valence-corrected chi connectivity index (χ4v) is 5.02.